The predicted molar refractivity (Wildman–Crippen MR) is 94.8 cm³/mol. The molecule has 0 radical (unpaired) electrons. The molecule has 2 fully saturated rings. The number of benzene rings is 1. The average Bonchev–Trinajstić information content (AvgIpc) is 3.01. The molecule has 1 aromatic rings. The first-order chi connectivity index (χ1) is 11.5. The number of nitrogens with one attached hydrogen (secondary N) is 2. The van der Waals surface area contributed by atoms with Crippen LogP contribution in [0, 0.1) is 5.92 Å². The highest BCUT2D eigenvalue weighted by atomic mass is 16.2. The first-order valence-corrected chi connectivity index (χ1v) is 8.98. The summed E-state index contributed by atoms with van der Waals surface area (Å²) in [4.78, 5) is 26.3. The Morgan fingerprint density at radius 3 is 2.96 bits per heavy atom. The maximum absolute atomic E-state index is 12.5. The predicted octanol–water partition coefficient (Wildman–Crippen LogP) is 2.38. The Balaban J connectivity index is 1.65. The minimum absolute atomic E-state index is 0.0552. The Labute approximate surface area is 143 Å². The maximum atomic E-state index is 12.5. The molecule has 0 aliphatic carbocycles. The van der Waals surface area contributed by atoms with Crippen molar-refractivity contribution >= 4 is 17.5 Å². The van der Waals surface area contributed by atoms with Crippen molar-refractivity contribution < 1.29 is 9.59 Å². The molecular weight excluding hydrogens is 302 g/mol. The van der Waals surface area contributed by atoms with Gasteiger partial charge in [-0.2, -0.15) is 0 Å². The van der Waals surface area contributed by atoms with Gasteiger partial charge in [0.25, 0.3) is 0 Å². The lowest BCUT2D eigenvalue weighted by atomic mass is 9.92. The average molecular weight is 329 g/mol. The fraction of sp³-hybridized carbons (Fsp3) is 0.579. The van der Waals surface area contributed by atoms with Crippen molar-refractivity contribution in [3.05, 3.63) is 29.8 Å². The van der Waals surface area contributed by atoms with Gasteiger partial charge in [0.05, 0.1) is 6.04 Å². The van der Waals surface area contributed by atoms with Gasteiger partial charge in [0.15, 0.2) is 0 Å². The number of hydrogen-bond donors (Lipinski definition) is 2. The van der Waals surface area contributed by atoms with E-state index in [4.69, 9.17) is 0 Å². The summed E-state index contributed by atoms with van der Waals surface area (Å²) >= 11 is 0. The number of carbonyl (C=O) groups is 2. The van der Waals surface area contributed by atoms with Crippen molar-refractivity contribution in [3.63, 3.8) is 0 Å². The molecule has 2 saturated heterocycles. The molecule has 0 aromatic heterocycles. The highest BCUT2D eigenvalue weighted by molar-refractivity contribution is 5.95. The Morgan fingerprint density at radius 2 is 2.25 bits per heavy atom. The van der Waals surface area contributed by atoms with Crippen LogP contribution in [0.3, 0.4) is 0 Å². The summed E-state index contributed by atoms with van der Waals surface area (Å²) in [6.07, 6.45) is 3.33. The third-order valence-electron chi connectivity index (χ3n) is 5.11. The zero-order valence-corrected chi connectivity index (χ0v) is 14.5. The van der Waals surface area contributed by atoms with E-state index in [0.717, 1.165) is 43.6 Å². The minimum atomic E-state index is -0.0552. The van der Waals surface area contributed by atoms with Gasteiger partial charge in [-0.05, 0) is 57.4 Å². The Morgan fingerprint density at radius 1 is 1.42 bits per heavy atom. The fourth-order valence-corrected chi connectivity index (χ4v) is 3.67. The lowest BCUT2D eigenvalue weighted by molar-refractivity contribution is -0.126. The molecule has 2 N–H and O–H groups in total. The van der Waals surface area contributed by atoms with E-state index in [1.54, 1.807) is 0 Å². The summed E-state index contributed by atoms with van der Waals surface area (Å²) in [6, 6.07) is 8.32. The standard InChI is InChI=1S/C19H27N3O2/c1-13-11-16(8-9-20-13)19(24)21-14(2)15-5-3-6-17(12-15)22-10-4-7-18(22)23/h3,5-6,12-14,16,20H,4,7-11H2,1-2H3,(H,21,24)/t13-,14?,16-/m0/s1. The molecule has 5 nitrogen and oxygen atoms in total. The number of amides is 2. The van der Waals surface area contributed by atoms with Gasteiger partial charge < -0.3 is 15.5 Å². The van der Waals surface area contributed by atoms with Crippen LogP contribution in [0.15, 0.2) is 24.3 Å². The molecule has 130 valence electrons. The fourth-order valence-electron chi connectivity index (χ4n) is 3.67. The van der Waals surface area contributed by atoms with Gasteiger partial charge >= 0.3 is 0 Å². The van der Waals surface area contributed by atoms with Gasteiger partial charge in [0, 0.05) is 30.6 Å². The molecule has 0 bridgehead atoms. The first-order valence-electron chi connectivity index (χ1n) is 8.98. The zero-order valence-electron chi connectivity index (χ0n) is 14.5. The number of anilines is 1. The van der Waals surface area contributed by atoms with Crippen LogP contribution in [0.25, 0.3) is 0 Å². The molecule has 2 amide bonds. The highest BCUT2D eigenvalue weighted by Gasteiger charge is 2.26. The minimum Gasteiger partial charge on any atom is -0.349 e. The Hall–Kier alpha value is -1.88. The van der Waals surface area contributed by atoms with E-state index in [0.29, 0.717) is 12.5 Å². The molecule has 2 aliphatic heterocycles. The molecule has 3 atom stereocenters. The molecular formula is C19H27N3O2. The van der Waals surface area contributed by atoms with Crippen molar-refractivity contribution in [2.24, 2.45) is 5.92 Å². The zero-order chi connectivity index (χ0) is 17.1. The maximum Gasteiger partial charge on any atom is 0.227 e. The van der Waals surface area contributed by atoms with Crippen LogP contribution in [0.5, 0.6) is 0 Å². The van der Waals surface area contributed by atoms with E-state index >= 15 is 0 Å². The van der Waals surface area contributed by atoms with Gasteiger partial charge in [-0.15, -0.1) is 0 Å². The summed E-state index contributed by atoms with van der Waals surface area (Å²) in [5.74, 6) is 0.415. The van der Waals surface area contributed by atoms with Crippen molar-refractivity contribution in [2.45, 2.75) is 51.6 Å². The molecule has 3 rings (SSSR count). The number of rotatable bonds is 4. The molecule has 24 heavy (non-hydrogen) atoms. The second-order valence-electron chi connectivity index (χ2n) is 7.05. The van der Waals surface area contributed by atoms with Crippen LogP contribution in [-0.4, -0.2) is 30.9 Å². The molecule has 1 unspecified atom stereocenters. The van der Waals surface area contributed by atoms with E-state index in [2.05, 4.69) is 17.6 Å². The SMILES string of the molecule is CC(NC(=O)[C@H]1CCN[C@@H](C)C1)c1cccc(N2CCCC2=O)c1. The van der Waals surface area contributed by atoms with Crippen molar-refractivity contribution in [3.8, 4) is 0 Å². The van der Waals surface area contributed by atoms with Crippen LogP contribution in [0.1, 0.15) is 51.1 Å². The lowest BCUT2D eigenvalue weighted by Crippen LogP contribution is -2.43. The third-order valence-corrected chi connectivity index (χ3v) is 5.11. The van der Waals surface area contributed by atoms with Crippen LogP contribution in [0.4, 0.5) is 5.69 Å². The van der Waals surface area contributed by atoms with Gasteiger partial charge in [0.2, 0.25) is 11.8 Å². The van der Waals surface area contributed by atoms with Gasteiger partial charge in [-0.3, -0.25) is 9.59 Å². The first kappa shape index (κ1) is 17.0. The summed E-state index contributed by atoms with van der Waals surface area (Å²) < 4.78 is 0. The molecule has 0 saturated carbocycles. The van der Waals surface area contributed by atoms with Crippen LogP contribution >= 0.6 is 0 Å². The van der Waals surface area contributed by atoms with E-state index in [1.165, 1.54) is 0 Å². The van der Waals surface area contributed by atoms with Crippen LogP contribution in [0.2, 0.25) is 0 Å². The quantitative estimate of drug-likeness (QED) is 0.891. The topological polar surface area (TPSA) is 61.4 Å². The molecule has 0 spiro atoms. The number of hydrogen-bond acceptors (Lipinski definition) is 3. The summed E-state index contributed by atoms with van der Waals surface area (Å²) in [5, 5.41) is 6.52. The van der Waals surface area contributed by atoms with Gasteiger partial charge in [0.1, 0.15) is 0 Å². The van der Waals surface area contributed by atoms with Crippen molar-refractivity contribution in [1.82, 2.24) is 10.6 Å². The summed E-state index contributed by atoms with van der Waals surface area (Å²) in [5.41, 5.74) is 1.98. The second-order valence-corrected chi connectivity index (χ2v) is 7.05. The lowest BCUT2D eigenvalue weighted by Gasteiger charge is -2.28. The van der Waals surface area contributed by atoms with Crippen LogP contribution in [-0.2, 0) is 9.59 Å². The third kappa shape index (κ3) is 3.78. The molecule has 1 aromatic carbocycles. The Kier molecular flexibility index (Phi) is 5.19. The molecule has 2 heterocycles. The largest absolute Gasteiger partial charge is 0.349 e. The van der Waals surface area contributed by atoms with E-state index < -0.39 is 0 Å². The number of carbonyl (C=O) groups excluding carboxylic acids is 2. The highest BCUT2D eigenvalue weighted by Crippen LogP contribution is 2.25. The van der Waals surface area contributed by atoms with E-state index in [9.17, 15) is 9.59 Å². The normalized spacial score (nSPS) is 25.6. The van der Waals surface area contributed by atoms with Gasteiger partial charge in [-0.1, -0.05) is 12.1 Å². The summed E-state index contributed by atoms with van der Waals surface area (Å²) in [6.45, 7) is 5.82. The molecule has 5 heteroatoms. The monoisotopic (exact) mass is 329 g/mol. The van der Waals surface area contributed by atoms with Crippen molar-refractivity contribution in [1.29, 1.82) is 0 Å². The van der Waals surface area contributed by atoms with E-state index in [1.807, 2.05) is 36.1 Å². The van der Waals surface area contributed by atoms with E-state index in [-0.39, 0.29) is 23.8 Å². The van der Waals surface area contributed by atoms with Gasteiger partial charge in [-0.25, -0.2) is 0 Å². The smallest absolute Gasteiger partial charge is 0.227 e. The second kappa shape index (κ2) is 7.34. The molecule has 2 aliphatic rings. The number of piperidine rings is 1. The Bertz CT molecular complexity index is 616. The van der Waals surface area contributed by atoms with Crippen LogP contribution < -0.4 is 15.5 Å². The summed E-state index contributed by atoms with van der Waals surface area (Å²) in [7, 11) is 0. The number of nitrogens with zero attached hydrogens (tertiary/aromatic N) is 1. The van der Waals surface area contributed by atoms with Crippen molar-refractivity contribution in [2.75, 3.05) is 18.0 Å².